The Morgan fingerprint density at radius 2 is 1.75 bits per heavy atom. The molecule has 0 saturated heterocycles. The number of nitrogens with one attached hydrogen (secondary N) is 3. The fraction of sp³-hybridized carbons (Fsp3) is 0.100. The highest BCUT2D eigenvalue weighted by molar-refractivity contribution is 6.05. The highest BCUT2D eigenvalue weighted by Gasteiger charge is 2.17. The van der Waals surface area contributed by atoms with Gasteiger partial charge in [0.2, 0.25) is 5.91 Å². The Labute approximate surface area is 161 Å². The predicted octanol–water partition coefficient (Wildman–Crippen LogP) is 2.68. The van der Waals surface area contributed by atoms with E-state index >= 15 is 0 Å². The minimum absolute atomic E-state index is 0.308. The molecule has 0 saturated carbocycles. The molecule has 8 nitrogen and oxygen atoms in total. The number of amides is 3. The van der Waals surface area contributed by atoms with Gasteiger partial charge in [0, 0.05) is 23.8 Å². The lowest BCUT2D eigenvalue weighted by atomic mass is 10.2. The number of hydrogen-bond donors (Lipinski definition) is 3. The molecule has 142 valence electrons. The molecule has 3 amide bonds. The van der Waals surface area contributed by atoms with Crippen LogP contribution in [-0.2, 0) is 4.79 Å². The second-order valence-electron chi connectivity index (χ2n) is 5.97. The second-order valence-corrected chi connectivity index (χ2v) is 5.97. The van der Waals surface area contributed by atoms with Gasteiger partial charge in [-0.25, -0.2) is 0 Å². The Kier molecular flexibility index (Phi) is 5.81. The van der Waals surface area contributed by atoms with Crippen LogP contribution < -0.4 is 16.0 Å². The van der Waals surface area contributed by atoms with Crippen LogP contribution in [0.3, 0.4) is 0 Å². The molecule has 0 spiro atoms. The molecule has 1 atom stereocenters. The molecule has 3 N–H and O–H groups in total. The Morgan fingerprint density at radius 1 is 0.964 bits per heavy atom. The molecule has 1 aromatic carbocycles. The minimum atomic E-state index is -0.768. The molecule has 0 fully saturated rings. The van der Waals surface area contributed by atoms with Crippen molar-refractivity contribution in [2.24, 2.45) is 0 Å². The number of pyridine rings is 1. The van der Waals surface area contributed by atoms with Crippen LogP contribution in [0, 0.1) is 0 Å². The van der Waals surface area contributed by atoms with E-state index in [1.165, 1.54) is 24.8 Å². The molecule has 0 bridgehead atoms. The molecule has 0 aliphatic rings. The van der Waals surface area contributed by atoms with Gasteiger partial charge in [-0.3, -0.25) is 19.4 Å². The summed E-state index contributed by atoms with van der Waals surface area (Å²) in [4.78, 5) is 40.4. The number of anilines is 2. The average Bonchev–Trinajstić information content (AvgIpc) is 3.24. The number of hydrogen-bond acceptors (Lipinski definition) is 5. The maximum absolute atomic E-state index is 12.3. The van der Waals surface area contributed by atoms with E-state index < -0.39 is 17.9 Å². The number of benzene rings is 1. The van der Waals surface area contributed by atoms with Crippen LogP contribution in [0.4, 0.5) is 11.4 Å². The summed E-state index contributed by atoms with van der Waals surface area (Å²) in [5.74, 6) is -1.11. The minimum Gasteiger partial charge on any atom is -0.472 e. The zero-order chi connectivity index (χ0) is 19.9. The predicted molar refractivity (Wildman–Crippen MR) is 103 cm³/mol. The molecule has 1 unspecified atom stereocenters. The first-order chi connectivity index (χ1) is 13.5. The van der Waals surface area contributed by atoms with Gasteiger partial charge in [-0.15, -0.1) is 0 Å². The Morgan fingerprint density at radius 3 is 2.43 bits per heavy atom. The van der Waals surface area contributed by atoms with Gasteiger partial charge in [-0.1, -0.05) is 6.07 Å². The van der Waals surface area contributed by atoms with E-state index in [0.29, 0.717) is 22.5 Å². The summed E-state index contributed by atoms with van der Waals surface area (Å²) in [7, 11) is 0. The van der Waals surface area contributed by atoms with Gasteiger partial charge in [0.1, 0.15) is 12.3 Å². The van der Waals surface area contributed by atoms with Gasteiger partial charge < -0.3 is 20.4 Å². The second kappa shape index (κ2) is 8.63. The largest absolute Gasteiger partial charge is 0.472 e. The third-order valence-corrected chi connectivity index (χ3v) is 3.84. The van der Waals surface area contributed by atoms with Crippen molar-refractivity contribution in [2.45, 2.75) is 13.0 Å². The Balaban J connectivity index is 1.59. The summed E-state index contributed by atoms with van der Waals surface area (Å²) in [6, 6.07) is 10.8. The summed E-state index contributed by atoms with van der Waals surface area (Å²) < 4.78 is 4.85. The lowest BCUT2D eigenvalue weighted by Crippen LogP contribution is -2.41. The molecule has 3 rings (SSSR count). The summed E-state index contributed by atoms with van der Waals surface area (Å²) in [5.41, 5.74) is 1.76. The first kappa shape index (κ1) is 18.8. The van der Waals surface area contributed by atoms with Gasteiger partial charge in [-0.2, -0.15) is 0 Å². The van der Waals surface area contributed by atoms with Crippen LogP contribution in [-0.4, -0.2) is 28.7 Å². The van der Waals surface area contributed by atoms with Crippen LogP contribution in [0.5, 0.6) is 0 Å². The number of carbonyl (C=O) groups is 3. The number of furan rings is 1. The van der Waals surface area contributed by atoms with Crippen molar-refractivity contribution in [3.8, 4) is 0 Å². The van der Waals surface area contributed by atoms with E-state index in [0.717, 1.165) is 0 Å². The Bertz CT molecular complexity index is 971. The molecule has 0 radical (unpaired) electrons. The van der Waals surface area contributed by atoms with Crippen molar-refractivity contribution in [1.82, 2.24) is 10.3 Å². The summed E-state index contributed by atoms with van der Waals surface area (Å²) in [6.45, 7) is 1.57. The SMILES string of the molecule is CC(NC(=O)c1ccoc1)C(=O)Nc1cccc(NC(=O)c2cccnc2)c1. The van der Waals surface area contributed by atoms with Crippen LogP contribution in [0.2, 0.25) is 0 Å². The molecule has 8 heteroatoms. The first-order valence-corrected chi connectivity index (χ1v) is 8.48. The van der Waals surface area contributed by atoms with Gasteiger partial charge in [0.05, 0.1) is 17.4 Å². The normalized spacial score (nSPS) is 11.3. The first-order valence-electron chi connectivity index (χ1n) is 8.48. The highest BCUT2D eigenvalue weighted by Crippen LogP contribution is 2.16. The Hall–Kier alpha value is -3.94. The van der Waals surface area contributed by atoms with Gasteiger partial charge in [0.15, 0.2) is 0 Å². The van der Waals surface area contributed by atoms with Crippen molar-refractivity contribution in [3.05, 3.63) is 78.5 Å². The third-order valence-electron chi connectivity index (χ3n) is 3.84. The van der Waals surface area contributed by atoms with Gasteiger partial charge >= 0.3 is 0 Å². The van der Waals surface area contributed by atoms with E-state index in [1.807, 2.05) is 0 Å². The molecular formula is C20H18N4O4. The standard InChI is InChI=1S/C20H18N4O4/c1-13(22-20(27)15-7-9-28-12-15)18(25)23-16-5-2-6-17(10-16)24-19(26)14-4-3-8-21-11-14/h2-13H,1H3,(H,22,27)(H,23,25)(H,24,26). The van der Waals surface area contributed by atoms with Crippen LogP contribution >= 0.6 is 0 Å². The molecule has 2 heterocycles. The van der Waals surface area contributed by atoms with E-state index in [9.17, 15) is 14.4 Å². The molecule has 28 heavy (non-hydrogen) atoms. The van der Waals surface area contributed by atoms with E-state index in [4.69, 9.17) is 4.42 Å². The monoisotopic (exact) mass is 378 g/mol. The lowest BCUT2D eigenvalue weighted by molar-refractivity contribution is -0.117. The highest BCUT2D eigenvalue weighted by atomic mass is 16.3. The van der Waals surface area contributed by atoms with Crippen molar-refractivity contribution < 1.29 is 18.8 Å². The number of nitrogens with zero attached hydrogens (tertiary/aromatic N) is 1. The third kappa shape index (κ3) is 4.82. The quantitative estimate of drug-likeness (QED) is 0.610. The van der Waals surface area contributed by atoms with Gasteiger partial charge in [-0.05, 0) is 43.3 Å². The molecule has 0 aliphatic heterocycles. The van der Waals surface area contributed by atoms with Crippen molar-refractivity contribution in [2.75, 3.05) is 10.6 Å². The summed E-state index contributed by atoms with van der Waals surface area (Å²) in [5, 5.41) is 8.03. The summed E-state index contributed by atoms with van der Waals surface area (Å²) in [6.07, 6.45) is 5.73. The van der Waals surface area contributed by atoms with Gasteiger partial charge in [0.25, 0.3) is 11.8 Å². The molecule has 2 aromatic heterocycles. The van der Waals surface area contributed by atoms with Crippen LogP contribution in [0.15, 0.2) is 71.8 Å². The van der Waals surface area contributed by atoms with E-state index in [2.05, 4.69) is 20.9 Å². The average molecular weight is 378 g/mol. The molecule has 3 aromatic rings. The number of carbonyl (C=O) groups excluding carboxylic acids is 3. The fourth-order valence-electron chi connectivity index (χ4n) is 2.36. The number of rotatable bonds is 6. The van der Waals surface area contributed by atoms with Crippen molar-refractivity contribution in [3.63, 3.8) is 0 Å². The smallest absolute Gasteiger partial charge is 0.257 e. The van der Waals surface area contributed by atoms with E-state index in [-0.39, 0.29) is 5.91 Å². The topological polar surface area (TPSA) is 113 Å². The maximum atomic E-state index is 12.3. The van der Waals surface area contributed by atoms with E-state index in [1.54, 1.807) is 49.5 Å². The van der Waals surface area contributed by atoms with Crippen molar-refractivity contribution >= 4 is 29.1 Å². The summed E-state index contributed by atoms with van der Waals surface area (Å²) >= 11 is 0. The maximum Gasteiger partial charge on any atom is 0.257 e. The zero-order valence-corrected chi connectivity index (χ0v) is 15.0. The van der Waals surface area contributed by atoms with Crippen LogP contribution in [0.25, 0.3) is 0 Å². The number of aromatic nitrogens is 1. The lowest BCUT2D eigenvalue weighted by Gasteiger charge is -2.14. The molecule has 0 aliphatic carbocycles. The zero-order valence-electron chi connectivity index (χ0n) is 15.0. The fourth-order valence-corrected chi connectivity index (χ4v) is 2.36. The van der Waals surface area contributed by atoms with Crippen molar-refractivity contribution in [1.29, 1.82) is 0 Å². The van der Waals surface area contributed by atoms with Crippen LogP contribution in [0.1, 0.15) is 27.6 Å². The molecular weight excluding hydrogens is 360 g/mol.